The van der Waals surface area contributed by atoms with Crippen LogP contribution < -0.4 is 17.0 Å². The highest BCUT2D eigenvalue weighted by Gasteiger charge is 2.37. The standard InChI is InChI=1S/C18H16ClN5O3.C12H16N4O2.ClH/c1-23(2)5-6-24-17(26)9-7-12-13(8-10(9)18(24)27)22-15(21-12)14-11(19)3-4-20-16(14)25;1-15(2)3-4-16-11(17)7-5-9(13)10(14)6-8(7)12(16)18;/h3-4,7-8H,5-6H2,1-2H3,(H,20,25)(H,21,22);5-6H,3-4,13-14H2,1-2H3;1H. The fraction of sp³-hybridized carbons (Fsp3) is 0.267. The quantitative estimate of drug-likeness (QED) is 0.167. The lowest BCUT2D eigenvalue weighted by Gasteiger charge is -2.16. The van der Waals surface area contributed by atoms with Crippen LogP contribution >= 0.6 is 24.0 Å². The number of amides is 4. The van der Waals surface area contributed by atoms with Crippen molar-refractivity contribution in [2.45, 2.75) is 0 Å². The van der Waals surface area contributed by atoms with E-state index in [-0.39, 0.29) is 58.0 Å². The van der Waals surface area contributed by atoms with Gasteiger partial charge in [0.25, 0.3) is 29.2 Å². The van der Waals surface area contributed by atoms with Crippen LogP contribution in [0.2, 0.25) is 5.02 Å². The number of aromatic amines is 2. The molecule has 0 bridgehead atoms. The molecule has 16 heteroatoms. The number of likely N-dealkylation sites (N-methyl/N-ethyl adjacent to an activating group) is 2. The van der Waals surface area contributed by atoms with E-state index < -0.39 is 0 Å². The second-order valence-corrected chi connectivity index (χ2v) is 11.6. The van der Waals surface area contributed by atoms with Gasteiger partial charge in [-0.1, -0.05) is 11.6 Å². The Kier molecular flexibility index (Phi) is 9.87. The maximum atomic E-state index is 12.6. The highest BCUT2D eigenvalue weighted by molar-refractivity contribution is 6.33. The van der Waals surface area contributed by atoms with Crippen molar-refractivity contribution >= 4 is 70.0 Å². The molecular weight excluding hydrogens is 637 g/mol. The third kappa shape index (κ3) is 6.33. The summed E-state index contributed by atoms with van der Waals surface area (Å²) in [6, 6.07) is 7.68. The van der Waals surface area contributed by atoms with Crippen LogP contribution in [0.25, 0.3) is 22.4 Å². The Morgan fingerprint density at radius 1 is 0.761 bits per heavy atom. The van der Waals surface area contributed by atoms with E-state index in [4.69, 9.17) is 23.1 Å². The molecule has 0 saturated heterocycles. The second kappa shape index (κ2) is 13.3. The SMILES string of the molecule is CN(C)CCN1C(=O)c2cc(N)c(N)cc2C1=O.CN(C)CCN1C(=O)c2cc3nc(-c4c(Cl)cc[nH]c4=O)[nH]c3cc2C1=O.Cl. The first-order chi connectivity index (χ1) is 21.3. The minimum atomic E-state index is -0.379. The lowest BCUT2D eigenvalue weighted by atomic mass is 10.1. The molecule has 242 valence electrons. The molecule has 4 heterocycles. The van der Waals surface area contributed by atoms with Crippen LogP contribution in [0.3, 0.4) is 0 Å². The molecule has 6 rings (SSSR count). The number of benzene rings is 2. The van der Waals surface area contributed by atoms with Crippen molar-refractivity contribution in [3.63, 3.8) is 0 Å². The molecule has 4 aromatic rings. The number of halogens is 2. The van der Waals surface area contributed by atoms with E-state index in [1.165, 1.54) is 28.1 Å². The summed E-state index contributed by atoms with van der Waals surface area (Å²) in [7, 11) is 7.52. The summed E-state index contributed by atoms with van der Waals surface area (Å²) in [6.45, 7) is 1.89. The average molecular weight is 671 g/mol. The zero-order valence-electron chi connectivity index (χ0n) is 25.5. The third-order valence-corrected chi connectivity index (χ3v) is 7.75. The van der Waals surface area contributed by atoms with E-state index in [1.54, 1.807) is 18.2 Å². The van der Waals surface area contributed by atoms with Gasteiger partial charge in [0.1, 0.15) is 11.4 Å². The zero-order valence-corrected chi connectivity index (χ0v) is 27.1. The number of carbonyl (C=O) groups is 4. The number of nitrogens with two attached hydrogens (primary N) is 2. The summed E-state index contributed by atoms with van der Waals surface area (Å²) in [5, 5.41) is 0.257. The molecule has 2 aliphatic rings. The number of imidazole rings is 1. The molecule has 6 N–H and O–H groups in total. The Balaban J connectivity index is 0.000000221. The molecule has 46 heavy (non-hydrogen) atoms. The Morgan fingerprint density at radius 2 is 1.22 bits per heavy atom. The highest BCUT2D eigenvalue weighted by Crippen LogP contribution is 2.30. The summed E-state index contributed by atoms with van der Waals surface area (Å²) in [5.74, 6) is -0.985. The predicted octanol–water partition coefficient (Wildman–Crippen LogP) is 2.16. The van der Waals surface area contributed by atoms with E-state index in [1.807, 2.05) is 38.0 Å². The minimum absolute atomic E-state index is 0. The smallest absolute Gasteiger partial charge is 0.261 e. The number of nitrogens with zero attached hydrogens (tertiary/aromatic N) is 5. The maximum Gasteiger partial charge on any atom is 0.261 e. The number of rotatable bonds is 7. The monoisotopic (exact) mass is 669 g/mol. The van der Waals surface area contributed by atoms with Crippen LogP contribution in [-0.4, -0.2) is 113 Å². The summed E-state index contributed by atoms with van der Waals surface area (Å²) < 4.78 is 0. The van der Waals surface area contributed by atoms with Crippen molar-refractivity contribution in [2.75, 3.05) is 65.8 Å². The van der Waals surface area contributed by atoms with Crippen LogP contribution in [0, 0.1) is 0 Å². The molecule has 0 aliphatic carbocycles. The number of nitrogens with one attached hydrogen (secondary N) is 2. The fourth-order valence-electron chi connectivity index (χ4n) is 4.96. The van der Waals surface area contributed by atoms with Crippen LogP contribution in [0.1, 0.15) is 41.4 Å². The van der Waals surface area contributed by atoms with Crippen molar-refractivity contribution in [3.8, 4) is 11.4 Å². The number of fused-ring (bicyclic) bond motifs is 3. The lowest BCUT2D eigenvalue weighted by molar-refractivity contribution is 0.0629. The van der Waals surface area contributed by atoms with E-state index >= 15 is 0 Å². The Labute approximate surface area is 274 Å². The zero-order chi connectivity index (χ0) is 32.7. The first-order valence-electron chi connectivity index (χ1n) is 13.9. The number of pyridine rings is 1. The number of nitrogen functional groups attached to an aromatic ring is 2. The Bertz CT molecular complexity index is 1840. The Morgan fingerprint density at radius 3 is 1.67 bits per heavy atom. The van der Waals surface area contributed by atoms with Crippen LogP contribution in [0.15, 0.2) is 41.3 Å². The average Bonchev–Trinajstić information content (AvgIpc) is 3.56. The van der Waals surface area contributed by atoms with Gasteiger partial charge in [0.05, 0.1) is 49.7 Å². The number of hydrogen-bond donors (Lipinski definition) is 4. The number of H-pyrrole nitrogens is 2. The molecule has 4 amide bonds. The van der Waals surface area contributed by atoms with Gasteiger partial charge >= 0.3 is 0 Å². The summed E-state index contributed by atoms with van der Waals surface area (Å²) >= 11 is 6.12. The highest BCUT2D eigenvalue weighted by atomic mass is 35.5. The molecule has 2 aromatic heterocycles. The van der Waals surface area contributed by atoms with Crippen molar-refractivity contribution in [1.29, 1.82) is 0 Å². The molecular formula is C30H33Cl2N9O5. The van der Waals surface area contributed by atoms with Crippen LogP contribution in [-0.2, 0) is 0 Å². The van der Waals surface area contributed by atoms with E-state index in [9.17, 15) is 24.0 Å². The largest absolute Gasteiger partial charge is 0.397 e. The van der Waals surface area contributed by atoms with E-state index in [0.717, 1.165) is 0 Å². The molecule has 2 aromatic carbocycles. The normalized spacial score (nSPS) is 13.8. The first-order valence-corrected chi connectivity index (χ1v) is 14.3. The van der Waals surface area contributed by atoms with Gasteiger partial charge < -0.3 is 31.2 Å². The molecule has 0 radical (unpaired) electrons. The number of carbonyl (C=O) groups excluding carboxylic acids is 4. The molecule has 2 aliphatic heterocycles. The first kappa shape index (κ1) is 34.1. The number of aromatic nitrogens is 3. The minimum Gasteiger partial charge on any atom is -0.397 e. The molecule has 0 atom stereocenters. The van der Waals surface area contributed by atoms with Gasteiger partial charge in [-0.05, 0) is 58.5 Å². The number of anilines is 2. The maximum absolute atomic E-state index is 12.6. The van der Waals surface area contributed by atoms with Crippen molar-refractivity contribution in [3.05, 3.63) is 74.2 Å². The number of imide groups is 2. The van der Waals surface area contributed by atoms with Crippen LogP contribution in [0.4, 0.5) is 11.4 Å². The van der Waals surface area contributed by atoms with E-state index in [0.29, 0.717) is 70.8 Å². The van der Waals surface area contributed by atoms with Gasteiger partial charge in [0, 0.05) is 32.4 Å². The third-order valence-electron chi connectivity index (χ3n) is 7.44. The van der Waals surface area contributed by atoms with Gasteiger partial charge in [-0.25, -0.2) is 4.98 Å². The molecule has 0 saturated carbocycles. The summed E-state index contributed by atoms with van der Waals surface area (Å²) in [6.07, 6.45) is 1.45. The second-order valence-electron chi connectivity index (χ2n) is 11.2. The summed E-state index contributed by atoms with van der Waals surface area (Å²) in [4.78, 5) is 77.7. The Hall–Kier alpha value is -4.76. The van der Waals surface area contributed by atoms with Gasteiger partial charge in [0.2, 0.25) is 0 Å². The number of hydrogen-bond acceptors (Lipinski definition) is 10. The van der Waals surface area contributed by atoms with Gasteiger partial charge in [-0.2, -0.15) is 0 Å². The fourth-order valence-corrected chi connectivity index (χ4v) is 5.20. The molecule has 0 fully saturated rings. The molecule has 14 nitrogen and oxygen atoms in total. The topological polar surface area (TPSA) is 195 Å². The molecule has 0 spiro atoms. The van der Waals surface area contributed by atoms with Crippen molar-refractivity contribution < 1.29 is 19.2 Å². The lowest BCUT2D eigenvalue weighted by Crippen LogP contribution is -2.35. The van der Waals surface area contributed by atoms with Crippen molar-refractivity contribution in [1.82, 2.24) is 34.6 Å². The van der Waals surface area contributed by atoms with Crippen molar-refractivity contribution in [2.24, 2.45) is 0 Å². The van der Waals surface area contributed by atoms with Gasteiger partial charge in [0.15, 0.2) is 0 Å². The van der Waals surface area contributed by atoms with Gasteiger partial charge in [-0.15, -0.1) is 12.4 Å². The van der Waals surface area contributed by atoms with Crippen LogP contribution in [0.5, 0.6) is 0 Å². The summed E-state index contributed by atoms with van der Waals surface area (Å²) in [5.41, 5.74) is 14.1. The van der Waals surface area contributed by atoms with Gasteiger partial charge in [-0.3, -0.25) is 33.8 Å². The van der Waals surface area contributed by atoms with E-state index in [2.05, 4.69) is 15.0 Å². The molecule has 0 unspecified atom stereocenters. The predicted molar refractivity (Wildman–Crippen MR) is 178 cm³/mol.